The van der Waals surface area contributed by atoms with E-state index >= 15 is 0 Å². The second-order valence-electron chi connectivity index (χ2n) is 8.92. The third-order valence-electron chi connectivity index (χ3n) is 6.71. The number of benzene rings is 1. The molecule has 2 aliphatic heterocycles. The number of hydrogen-bond acceptors (Lipinski definition) is 2. The number of piperidine rings is 1. The van der Waals surface area contributed by atoms with Crippen molar-refractivity contribution < 1.29 is 4.39 Å². The number of nitrogens with one attached hydrogen (secondary N) is 1. The Kier molecular flexibility index (Phi) is 6.19. The predicted octanol–water partition coefficient (Wildman–Crippen LogP) is 3.63. The van der Waals surface area contributed by atoms with Crippen LogP contribution in [0.3, 0.4) is 0 Å². The molecule has 3 aliphatic rings. The van der Waals surface area contributed by atoms with E-state index in [9.17, 15) is 4.39 Å². The van der Waals surface area contributed by atoms with Gasteiger partial charge in [-0.05, 0) is 75.7 Å². The maximum atomic E-state index is 13.7. The molecule has 1 aromatic rings. The zero-order chi connectivity index (χ0) is 19.4. The van der Waals surface area contributed by atoms with Crippen LogP contribution < -0.4 is 5.32 Å². The average Bonchev–Trinajstić information content (AvgIpc) is 3.37. The van der Waals surface area contributed by atoms with Gasteiger partial charge >= 0.3 is 0 Å². The number of guanidine groups is 1. The smallest absolute Gasteiger partial charge is 0.193 e. The summed E-state index contributed by atoms with van der Waals surface area (Å²) >= 11 is 0. The minimum atomic E-state index is -0.139. The summed E-state index contributed by atoms with van der Waals surface area (Å²) in [5.41, 5.74) is 1.16. The van der Waals surface area contributed by atoms with Crippen LogP contribution in [0.1, 0.15) is 51.0 Å². The van der Waals surface area contributed by atoms with Crippen LogP contribution in [-0.2, 0) is 5.41 Å². The number of rotatable bonds is 6. The Bertz CT molecular complexity index is 679. The standard InChI is InChI=1S/C23H35FN4/c1-2-25-22(26-18-23(10-11-23)20-7-6-8-21(24)15-20)28-14-9-19(17-28)16-27-12-4-3-5-13-27/h6-8,15,19H,2-5,9-14,16-18H2,1H3,(H,25,26). The monoisotopic (exact) mass is 386 g/mol. The summed E-state index contributed by atoms with van der Waals surface area (Å²) in [6.07, 6.45) is 7.60. The highest BCUT2D eigenvalue weighted by Crippen LogP contribution is 2.48. The van der Waals surface area contributed by atoms with E-state index in [0.717, 1.165) is 56.5 Å². The first-order chi connectivity index (χ1) is 13.7. The van der Waals surface area contributed by atoms with Crippen molar-refractivity contribution in [3.8, 4) is 0 Å². The molecule has 2 saturated heterocycles. The van der Waals surface area contributed by atoms with E-state index in [1.165, 1.54) is 51.4 Å². The molecule has 1 saturated carbocycles. The Hall–Kier alpha value is -1.62. The van der Waals surface area contributed by atoms with E-state index in [0.29, 0.717) is 0 Å². The molecule has 1 N–H and O–H groups in total. The molecule has 4 nitrogen and oxygen atoms in total. The summed E-state index contributed by atoms with van der Waals surface area (Å²) < 4.78 is 13.7. The van der Waals surface area contributed by atoms with Crippen LogP contribution >= 0.6 is 0 Å². The molecule has 4 rings (SSSR count). The Morgan fingerprint density at radius 2 is 2.04 bits per heavy atom. The molecular formula is C23H35FN4. The molecule has 3 fully saturated rings. The van der Waals surface area contributed by atoms with E-state index in [1.54, 1.807) is 6.07 Å². The summed E-state index contributed by atoms with van der Waals surface area (Å²) in [5.74, 6) is 1.66. The highest BCUT2D eigenvalue weighted by molar-refractivity contribution is 5.80. The van der Waals surface area contributed by atoms with Crippen molar-refractivity contribution in [1.82, 2.24) is 15.1 Å². The number of aliphatic imine (C=N–C) groups is 1. The summed E-state index contributed by atoms with van der Waals surface area (Å²) in [5, 5.41) is 3.50. The maximum absolute atomic E-state index is 13.7. The lowest BCUT2D eigenvalue weighted by atomic mass is 9.96. The lowest BCUT2D eigenvalue weighted by molar-refractivity contribution is 0.198. The number of halogens is 1. The van der Waals surface area contributed by atoms with Crippen LogP contribution in [0.15, 0.2) is 29.3 Å². The van der Waals surface area contributed by atoms with Gasteiger partial charge in [-0.3, -0.25) is 4.99 Å². The first-order valence-corrected chi connectivity index (χ1v) is 11.2. The molecule has 2 heterocycles. The fraction of sp³-hybridized carbons (Fsp3) is 0.696. The third-order valence-corrected chi connectivity index (χ3v) is 6.71. The van der Waals surface area contributed by atoms with Crippen molar-refractivity contribution in [1.29, 1.82) is 0 Å². The molecule has 1 atom stereocenters. The van der Waals surface area contributed by atoms with Gasteiger partial charge in [0, 0.05) is 31.6 Å². The van der Waals surface area contributed by atoms with E-state index in [1.807, 2.05) is 6.07 Å². The Morgan fingerprint density at radius 1 is 1.21 bits per heavy atom. The second kappa shape index (κ2) is 8.81. The first kappa shape index (κ1) is 19.7. The zero-order valence-corrected chi connectivity index (χ0v) is 17.3. The van der Waals surface area contributed by atoms with Crippen molar-refractivity contribution >= 4 is 5.96 Å². The van der Waals surface area contributed by atoms with Gasteiger partial charge in [0.2, 0.25) is 0 Å². The Morgan fingerprint density at radius 3 is 2.75 bits per heavy atom. The minimum Gasteiger partial charge on any atom is -0.357 e. The van der Waals surface area contributed by atoms with Crippen molar-refractivity contribution in [3.63, 3.8) is 0 Å². The number of nitrogens with zero attached hydrogens (tertiary/aromatic N) is 3. The quantitative estimate of drug-likeness (QED) is 0.598. The van der Waals surface area contributed by atoms with Gasteiger partial charge in [-0.15, -0.1) is 0 Å². The molecule has 1 unspecified atom stereocenters. The molecule has 0 bridgehead atoms. The topological polar surface area (TPSA) is 30.9 Å². The van der Waals surface area contributed by atoms with Gasteiger partial charge in [-0.1, -0.05) is 18.6 Å². The molecular weight excluding hydrogens is 351 g/mol. The third kappa shape index (κ3) is 4.68. The van der Waals surface area contributed by atoms with Gasteiger partial charge in [-0.25, -0.2) is 4.39 Å². The van der Waals surface area contributed by atoms with Gasteiger partial charge in [0.1, 0.15) is 5.82 Å². The van der Waals surface area contributed by atoms with Gasteiger partial charge < -0.3 is 15.1 Å². The first-order valence-electron chi connectivity index (χ1n) is 11.2. The van der Waals surface area contributed by atoms with E-state index in [4.69, 9.17) is 4.99 Å². The lowest BCUT2D eigenvalue weighted by Gasteiger charge is -2.29. The van der Waals surface area contributed by atoms with Gasteiger partial charge in [0.15, 0.2) is 5.96 Å². The van der Waals surface area contributed by atoms with E-state index < -0.39 is 0 Å². The summed E-state index contributed by atoms with van der Waals surface area (Å²) in [6.45, 7) is 9.78. The molecule has 5 heteroatoms. The SMILES string of the molecule is CCNC(=NCC1(c2cccc(F)c2)CC1)N1CCC(CN2CCCCC2)C1. The zero-order valence-electron chi connectivity index (χ0n) is 17.3. The Balaban J connectivity index is 1.37. The van der Waals surface area contributed by atoms with Crippen LogP contribution in [0.5, 0.6) is 0 Å². The maximum Gasteiger partial charge on any atom is 0.193 e. The molecule has 0 amide bonds. The van der Waals surface area contributed by atoms with E-state index in [2.05, 4.69) is 28.1 Å². The highest BCUT2D eigenvalue weighted by Gasteiger charge is 2.44. The van der Waals surface area contributed by atoms with Crippen LogP contribution in [0.2, 0.25) is 0 Å². The number of hydrogen-bond donors (Lipinski definition) is 1. The molecule has 1 aromatic carbocycles. The summed E-state index contributed by atoms with van der Waals surface area (Å²) in [6, 6.07) is 7.11. The van der Waals surface area contributed by atoms with Crippen LogP contribution in [-0.4, -0.2) is 61.6 Å². The molecule has 0 radical (unpaired) electrons. The molecule has 154 valence electrons. The van der Waals surface area contributed by atoms with Gasteiger partial charge in [0.25, 0.3) is 0 Å². The second-order valence-corrected chi connectivity index (χ2v) is 8.92. The lowest BCUT2D eigenvalue weighted by Crippen LogP contribution is -2.41. The van der Waals surface area contributed by atoms with Crippen molar-refractivity contribution in [2.24, 2.45) is 10.9 Å². The van der Waals surface area contributed by atoms with Crippen molar-refractivity contribution in [2.45, 2.75) is 50.9 Å². The fourth-order valence-corrected chi connectivity index (χ4v) is 4.84. The fourth-order valence-electron chi connectivity index (χ4n) is 4.84. The molecule has 1 aliphatic carbocycles. The van der Waals surface area contributed by atoms with Crippen molar-refractivity contribution in [3.05, 3.63) is 35.6 Å². The van der Waals surface area contributed by atoms with E-state index in [-0.39, 0.29) is 11.2 Å². The van der Waals surface area contributed by atoms with Crippen LogP contribution in [0.4, 0.5) is 4.39 Å². The largest absolute Gasteiger partial charge is 0.357 e. The summed E-state index contributed by atoms with van der Waals surface area (Å²) in [7, 11) is 0. The normalized spacial score (nSPS) is 25.1. The van der Waals surface area contributed by atoms with Gasteiger partial charge in [0.05, 0.1) is 6.54 Å². The van der Waals surface area contributed by atoms with Crippen molar-refractivity contribution in [2.75, 3.05) is 45.8 Å². The Labute approximate surface area is 169 Å². The predicted molar refractivity (Wildman–Crippen MR) is 113 cm³/mol. The minimum absolute atomic E-state index is 0.0513. The molecule has 0 spiro atoms. The molecule has 0 aromatic heterocycles. The van der Waals surface area contributed by atoms with Crippen LogP contribution in [0.25, 0.3) is 0 Å². The molecule has 28 heavy (non-hydrogen) atoms. The van der Waals surface area contributed by atoms with Crippen LogP contribution in [0, 0.1) is 11.7 Å². The number of likely N-dealkylation sites (tertiary alicyclic amines) is 2. The summed E-state index contributed by atoms with van der Waals surface area (Å²) in [4.78, 5) is 10.1. The average molecular weight is 387 g/mol. The highest BCUT2D eigenvalue weighted by atomic mass is 19.1. The van der Waals surface area contributed by atoms with Gasteiger partial charge in [-0.2, -0.15) is 0 Å².